The van der Waals surface area contributed by atoms with Crippen molar-refractivity contribution in [3.8, 4) is 6.07 Å². The van der Waals surface area contributed by atoms with Crippen molar-refractivity contribution in [3.05, 3.63) is 41.0 Å². The molecule has 1 aliphatic rings. The Morgan fingerprint density at radius 1 is 1.24 bits per heavy atom. The number of carbonyl (C=O) groups excluding carboxylic acids is 1. The lowest BCUT2D eigenvalue weighted by atomic mass is 9.99. The quantitative estimate of drug-likeness (QED) is 0.612. The van der Waals surface area contributed by atoms with Gasteiger partial charge in [0.1, 0.15) is 11.9 Å². The van der Waals surface area contributed by atoms with Gasteiger partial charge in [-0.1, -0.05) is 12.1 Å². The zero-order valence-electron chi connectivity index (χ0n) is 17.1. The first-order valence-corrected chi connectivity index (χ1v) is 10.4. The number of nitriles is 1. The molecule has 0 N–H and O–H groups in total. The van der Waals surface area contributed by atoms with Gasteiger partial charge < -0.3 is 9.64 Å². The van der Waals surface area contributed by atoms with Gasteiger partial charge in [0.2, 0.25) is 0 Å². The van der Waals surface area contributed by atoms with Crippen molar-refractivity contribution in [2.24, 2.45) is 0 Å². The smallest absolute Gasteiger partial charge is 0.306 e. The average molecular weight is 390 g/mol. The van der Waals surface area contributed by atoms with Crippen molar-refractivity contribution >= 4 is 28.5 Å². The first-order chi connectivity index (χ1) is 14.2. The van der Waals surface area contributed by atoms with Crippen LogP contribution in [0.2, 0.25) is 0 Å². The highest BCUT2D eigenvalue weighted by atomic mass is 16.5. The number of esters is 1. The molecule has 6 nitrogen and oxygen atoms in total. The molecule has 1 fully saturated rings. The number of piperidine rings is 1. The van der Waals surface area contributed by atoms with E-state index in [1.807, 2.05) is 38.1 Å². The lowest BCUT2D eigenvalue weighted by Gasteiger charge is -2.32. The normalized spacial score (nSPS) is 14.3. The molecule has 0 amide bonds. The number of hydrogen-bond acceptors (Lipinski definition) is 5. The Morgan fingerprint density at radius 2 is 2.00 bits per heavy atom. The summed E-state index contributed by atoms with van der Waals surface area (Å²) in [6.45, 7) is 6.12. The van der Waals surface area contributed by atoms with Crippen LogP contribution in [-0.4, -0.2) is 35.1 Å². The third-order valence-corrected chi connectivity index (χ3v) is 5.75. The number of ether oxygens (including phenoxy) is 1. The molecule has 6 heteroatoms. The number of para-hydroxylation sites is 2. The Kier molecular flexibility index (Phi) is 5.39. The third-order valence-electron chi connectivity index (χ3n) is 5.75. The number of pyridine rings is 1. The fourth-order valence-corrected chi connectivity index (χ4v) is 4.36. The summed E-state index contributed by atoms with van der Waals surface area (Å²) in [5.74, 6) is 0.875. The number of hydrogen-bond donors (Lipinski definition) is 0. The zero-order valence-corrected chi connectivity index (χ0v) is 17.1. The molecular formula is C23H26N4O2. The maximum Gasteiger partial charge on any atom is 0.306 e. The summed E-state index contributed by atoms with van der Waals surface area (Å²) in [6.07, 6.45) is 4.37. The molecule has 3 aromatic rings. The molecule has 0 saturated carbocycles. The van der Waals surface area contributed by atoms with Gasteiger partial charge in [-0.05, 0) is 62.8 Å². The van der Waals surface area contributed by atoms with E-state index in [4.69, 9.17) is 9.72 Å². The molecule has 3 heterocycles. The molecule has 4 rings (SSSR count). The molecule has 150 valence electrons. The number of rotatable bonds is 5. The van der Waals surface area contributed by atoms with Crippen LogP contribution in [0.5, 0.6) is 0 Å². The summed E-state index contributed by atoms with van der Waals surface area (Å²) >= 11 is 0. The maximum absolute atomic E-state index is 12.1. The summed E-state index contributed by atoms with van der Waals surface area (Å²) in [5.41, 5.74) is 5.13. The molecule has 29 heavy (non-hydrogen) atoms. The van der Waals surface area contributed by atoms with Crippen LogP contribution in [0, 0.1) is 18.3 Å². The predicted molar refractivity (Wildman–Crippen MR) is 113 cm³/mol. The maximum atomic E-state index is 12.1. The van der Waals surface area contributed by atoms with Crippen molar-refractivity contribution in [1.29, 1.82) is 5.26 Å². The monoisotopic (exact) mass is 390 g/mol. The van der Waals surface area contributed by atoms with Gasteiger partial charge in [0.05, 0.1) is 23.2 Å². The standard InChI is InChI=1S/C23H26N4O2/c1-3-29-21(28)12-11-17-16(2)18(15-24)22-25-19-9-5-6-10-20(19)27(22)23(17)26-13-7-4-8-14-26/h5-6,9-10H,3-4,7-8,11-14H2,1-2H3. The van der Waals surface area contributed by atoms with Crippen molar-refractivity contribution in [1.82, 2.24) is 9.38 Å². The van der Waals surface area contributed by atoms with Gasteiger partial charge >= 0.3 is 5.97 Å². The second-order valence-corrected chi connectivity index (χ2v) is 7.53. The van der Waals surface area contributed by atoms with Crippen LogP contribution >= 0.6 is 0 Å². The van der Waals surface area contributed by atoms with Gasteiger partial charge in [0.15, 0.2) is 5.65 Å². The topological polar surface area (TPSA) is 70.6 Å². The number of carbonyl (C=O) groups is 1. The van der Waals surface area contributed by atoms with E-state index in [0.717, 1.165) is 53.9 Å². The van der Waals surface area contributed by atoms with Gasteiger partial charge in [-0.2, -0.15) is 5.26 Å². The van der Waals surface area contributed by atoms with Crippen LogP contribution in [0.25, 0.3) is 16.7 Å². The first-order valence-electron chi connectivity index (χ1n) is 10.4. The number of nitrogens with zero attached hydrogens (tertiary/aromatic N) is 4. The average Bonchev–Trinajstić information content (AvgIpc) is 3.12. The Balaban J connectivity index is 1.98. The van der Waals surface area contributed by atoms with Crippen LogP contribution in [0.4, 0.5) is 5.82 Å². The zero-order chi connectivity index (χ0) is 20.4. The summed E-state index contributed by atoms with van der Waals surface area (Å²) in [7, 11) is 0. The van der Waals surface area contributed by atoms with Crippen LogP contribution in [0.1, 0.15) is 49.3 Å². The van der Waals surface area contributed by atoms with Gasteiger partial charge in [0.25, 0.3) is 0 Å². The number of benzene rings is 1. The number of anilines is 1. The van der Waals surface area contributed by atoms with E-state index in [-0.39, 0.29) is 5.97 Å². The Labute approximate surface area is 170 Å². The van der Waals surface area contributed by atoms with Crippen LogP contribution < -0.4 is 4.90 Å². The van der Waals surface area contributed by atoms with E-state index in [9.17, 15) is 10.1 Å². The Hall–Kier alpha value is -3.07. The molecule has 0 spiro atoms. The fourth-order valence-electron chi connectivity index (χ4n) is 4.36. The highest BCUT2D eigenvalue weighted by molar-refractivity contribution is 5.86. The Bertz CT molecular complexity index is 1100. The fraction of sp³-hybridized carbons (Fsp3) is 0.435. The van der Waals surface area contributed by atoms with Crippen LogP contribution in [-0.2, 0) is 16.0 Å². The van der Waals surface area contributed by atoms with Crippen LogP contribution in [0.3, 0.4) is 0 Å². The third kappa shape index (κ3) is 3.42. The van der Waals surface area contributed by atoms with E-state index < -0.39 is 0 Å². The molecule has 0 bridgehead atoms. The second-order valence-electron chi connectivity index (χ2n) is 7.53. The first kappa shape index (κ1) is 19.3. The minimum absolute atomic E-state index is 0.203. The van der Waals surface area contributed by atoms with E-state index in [1.54, 1.807) is 0 Å². The number of fused-ring (bicyclic) bond motifs is 3. The molecular weight excluding hydrogens is 364 g/mol. The summed E-state index contributed by atoms with van der Waals surface area (Å²) in [4.78, 5) is 19.3. The summed E-state index contributed by atoms with van der Waals surface area (Å²) < 4.78 is 7.28. The van der Waals surface area contributed by atoms with E-state index in [1.165, 1.54) is 6.42 Å². The highest BCUT2D eigenvalue weighted by Crippen LogP contribution is 2.35. The lowest BCUT2D eigenvalue weighted by molar-refractivity contribution is -0.143. The SMILES string of the molecule is CCOC(=O)CCc1c(C)c(C#N)c2nc3ccccc3n2c1N1CCCCC1. The molecule has 0 aliphatic carbocycles. The van der Waals surface area contributed by atoms with Crippen molar-refractivity contribution in [3.63, 3.8) is 0 Å². The summed E-state index contributed by atoms with van der Waals surface area (Å²) in [5, 5.41) is 9.92. The molecule has 1 aromatic carbocycles. The van der Waals surface area contributed by atoms with E-state index >= 15 is 0 Å². The Morgan fingerprint density at radius 3 is 2.72 bits per heavy atom. The van der Waals surface area contributed by atoms with Crippen LogP contribution in [0.15, 0.2) is 24.3 Å². The number of imidazole rings is 1. The lowest BCUT2D eigenvalue weighted by Crippen LogP contribution is -2.32. The van der Waals surface area contributed by atoms with Gasteiger partial charge in [-0.3, -0.25) is 9.20 Å². The molecule has 1 saturated heterocycles. The van der Waals surface area contributed by atoms with E-state index in [0.29, 0.717) is 30.7 Å². The molecule has 2 aromatic heterocycles. The van der Waals surface area contributed by atoms with Gasteiger partial charge in [-0.25, -0.2) is 4.98 Å². The van der Waals surface area contributed by atoms with Crippen molar-refractivity contribution in [2.75, 3.05) is 24.6 Å². The summed E-state index contributed by atoms with van der Waals surface area (Å²) in [6, 6.07) is 10.4. The predicted octanol–water partition coefficient (Wildman–Crippen LogP) is 4.15. The molecule has 1 aliphatic heterocycles. The largest absolute Gasteiger partial charge is 0.466 e. The van der Waals surface area contributed by atoms with Crippen molar-refractivity contribution in [2.45, 2.75) is 46.0 Å². The molecule has 0 unspecified atom stereocenters. The minimum Gasteiger partial charge on any atom is -0.466 e. The highest BCUT2D eigenvalue weighted by Gasteiger charge is 2.25. The van der Waals surface area contributed by atoms with Gasteiger partial charge in [0, 0.05) is 19.5 Å². The van der Waals surface area contributed by atoms with Gasteiger partial charge in [-0.15, -0.1) is 0 Å². The number of aromatic nitrogens is 2. The minimum atomic E-state index is -0.203. The molecule has 0 atom stereocenters. The van der Waals surface area contributed by atoms with E-state index in [2.05, 4.69) is 15.4 Å². The van der Waals surface area contributed by atoms with Crippen molar-refractivity contribution < 1.29 is 9.53 Å². The molecule has 0 radical (unpaired) electrons. The second kappa shape index (κ2) is 8.12.